The SMILES string of the molecule is CCCNC(=O)C(C)N(Cc1cccc(C)c1)C(=O)CN(c1ccc(C)cc1)S(C)(=O)=O. The highest BCUT2D eigenvalue weighted by atomic mass is 32.2. The number of aryl methyl sites for hydroxylation is 2. The Labute approximate surface area is 191 Å². The third-order valence-electron chi connectivity index (χ3n) is 5.15. The lowest BCUT2D eigenvalue weighted by Gasteiger charge is -2.31. The molecule has 0 spiro atoms. The van der Waals surface area contributed by atoms with Gasteiger partial charge in [0.1, 0.15) is 12.6 Å². The van der Waals surface area contributed by atoms with E-state index in [4.69, 9.17) is 0 Å². The Balaban J connectivity index is 2.35. The smallest absolute Gasteiger partial charge is 0.244 e. The van der Waals surface area contributed by atoms with Crippen molar-refractivity contribution in [3.63, 3.8) is 0 Å². The van der Waals surface area contributed by atoms with Crippen LogP contribution in [0, 0.1) is 13.8 Å². The highest BCUT2D eigenvalue weighted by molar-refractivity contribution is 7.92. The van der Waals surface area contributed by atoms with Crippen LogP contribution in [0.3, 0.4) is 0 Å². The molecule has 7 nitrogen and oxygen atoms in total. The lowest BCUT2D eigenvalue weighted by Crippen LogP contribution is -2.51. The van der Waals surface area contributed by atoms with Gasteiger partial charge in [0, 0.05) is 13.1 Å². The number of hydrogen-bond donors (Lipinski definition) is 1. The van der Waals surface area contributed by atoms with E-state index in [9.17, 15) is 18.0 Å². The topological polar surface area (TPSA) is 86.8 Å². The van der Waals surface area contributed by atoms with Crippen LogP contribution < -0.4 is 9.62 Å². The van der Waals surface area contributed by atoms with Gasteiger partial charge in [-0.3, -0.25) is 13.9 Å². The summed E-state index contributed by atoms with van der Waals surface area (Å²) in [7, 11) is -3.71. The molecule has 1 N–H and O–H groups in total. The Morgan fingerprint density at radius 1 is 1.03 bits per heavy atom. The van der Waals surface area contributed by atoms with Crippen molar-refractivity contribution in [1.82, 2.24) is 10.2 Å². The van der Waals surface area contributed by atoms with E-state index < -0.39 is 22.0 Å². The number of carbonyl (C=O) groups is 2. The lowest BCUT2D eigenvalue weighted by molar-refractivity contribution is -0.139. The predicted octanol–water partition coefficient (Wildman–Crippen LogP) is 3.01. The number of benzene rings is 2. The van der Waals surface area contributed by atoms with E-state index in [1.807, 2.05) is 45.0 Å². The summed E-state index contributed by atoms with van der Waals surface area (Å²) in [5.74, 6) is -0.717. The third-order valence-corrected chi connectivity index (χ3v) is 6.29. The van der Waals surface area contributed by atoms with Gasteiger partial charge in [-0.25, -0.2) is 8.42 Å². The van der Waals surface area contributed by atoms with Crippen molar-refractivity contribution in [3.8, 4) is 0 Å². The molecule has 0 aliphatic carbocycles. The average Bonchev–Trinajstić information content (AvgIpc) is 2.73. The predicted molar refractivity (Wildman–Crippen MR) is 128 cm³/mol. The van der Waals surface area contributed by atoms with Crippen molar-refractivity contribution in [3.05, 3.63) is 65.2 Å². The minimum atomic E-state index is -3.71. The molecule has 2 aromatic carbocycles. The van der Waals surface area contributed by atoms with Crippen molar-refractivity contribution < 1.29 is 18.0 Å². The van der Waals surface area contributed by atoms with Gasteiger partial charge in [0.2, 0.25) is 21.8 Å². The van der Waals surface area contributed by atoms with Crippen LogP contribution >= 0.6 is 0 Å². The van der Waals surface area contributed by atoms with E-state index in [0.717, 1.165) is 33.7 Å². The van der Waals surface area contributed by atoms with Gasteiger partial charge in [-0.15, -0.1) is 0 Å². The molecule has 0 saturated carbocycles. The van der Waals surface area contributed by atoms with Crippen molar-refractivity contribution in [1.29, 1.82) is 0 Å². The van der Waals surface area contributed by atoms with E-state index in [1.54, 1.807) is 31.2 Å². The molecule has 0 aliphatic heterocycles. The molecule has 2 aromatic rings. The lowest BCUT2D eigenvalue weighted by atomic mass is 10.1. The highest BCUT2D eigenvalue weighted by Gasteiger charge is 2.29. The molecule has 1 atom stereocenters. The van der Waals surface area contributed by atoms with Gasteiger partial charge >= 0.3 is 0 Å². The molecule has 1 unspecified atom stereocenters. The number of carbonyl (C=O) groups excluding carboxylic acids is 2. The van der Waals surface area contributed by atoms with Crippen molar-refractivity contribution in [2.45, 2.75) is 46.7 Å². The molecule has 0 bridgehead atoms. The van der Waals surface area contributed by atoms with Crippen LogP contribution in [0.15, 0.2) is 48.5 Å². The Morgan fingerprint density at radius 2 is 1.69 bits per heavy atom. The number of amides is 2. The normalized spacial score (nSPS) is 12.2. The largest absolute Gasteiger partial charge is 0.354 e. The maximum atomic E-state index is 13.4. The quantitative estimate of drug-likeness (QED) is 0.592. The number of nitrogens with one attached hydrogen (secondary N) is 1. The Bertz CT molecular complexity index is 1040. The zero-order valence-electron chi connectivity index (χ0n) is 19.5. The summed E-state index contributed by atoms with van der Waals surface area (Å²) in [5, 5.41) is 2.82. The second-order valence-corrected chi connectivity index (χ2v) is 9.99. The second kappa shape index (κ2) is 11.1. The summed E-state index contributed by atoms with van der Waals surface area (Å²) in [6.45, 7) is 7.79. The molecule has 0 radical (unpaired) electrons. The van der Waals surface area contributed by atoms with Crippen molar-refractivity contribution >= 4 is 27.5 Å². The molecule has 0 aliphatic rings. The first kappa shape index (κ1) is 25.4. The molecule has 174 valence electrons. The van der Waals surface area contributed by atoms with E-state index >= 15 is 0 Å². The van der Waals surface area contributed by atoms with Crippen LogP contribution in [-0.4, -0.2) is 50.5 Å². The zero-order chi connectivity index (χ0) is 23.9. The maximum absolute atomic E-state index is 13.4. The molecule has 32 heavy (non-hydrogen) atoms. The van der Waals surface area contributed by atoms with Gasteiger partial charge in [0.05, 0.1) is 11.9 Å². The first-order chi connectivity index (χ1) is 15.0. The van der Waals surface area contributed by atoms with Gasteiger partial charge in [-0.05, 0) is 44.9 Å². The Hall–Kier alpha value is -2.87. The van der Waals surface area contributed by atoms with Gasteiger partial charge in [0.25, 0.3) is 0 Å². The van der Waals surface area contributed by atoms with Gasteiger partial charge in [-0.2, -0.15) is 0 Å². The fourth-order valence-electron chi connectivity index (χ4n) is 3.31. The highest BCUT2D eigenvalue weighted by Crippen LogP contribution is 2.20. The summed E-state index contributed by atoms with van der Waals surface area (Å²) < 4.78 is 26.1. The summed E-state index contributed by atoms with van der Waals surface area (Å²) >= 11 is 0. The third kappa shape index (κ3) is 7.09. The van der Waals surface area contributed by atoms with E-state index in [2.05, 4.69) is 5.32 Å². The van der Waals surface area contributed by atoms with Crippen LogP contribution in [0.2, 0.25) is 0 Å². The van der Waals surface area contributed by atoms with Crippen LogP contribution in [0.5, 0.6) is 0 Å². The second-order valence-electron chi connectivity index (χ2n) is 8.08. The summed E-state index contributed by atoms with van der Waals surface area (Å²) in [6, 6.07) is 13.9. The number of nitrogens with zero attached hydrogens (tertiary/aromatic N) is 2. The number of rotatable bonds is 10. The maximum Gasteiger partial charge on any atom is 0.244 e. The van der Waals surface area contributed by atoms with E-state index in [0.29, 0.717) is 12.2 Å². The monoisotopic (exact) mass is 459 g/mol. The molecular weight excluding hydrogens is 426 g/mol. The summed E-state index contributed by atoms with van der Waals surface area (Å²) in [5.41, 5.74) is 3.30. The fourth-order valence-corrected chi connectivity index (χ4v) is 4.16. The number of sulfonamides is 1. The number of hydrogen-bond acceptors (Lipinski definition) is 4. The van der Waals surface area contributed by atoms with Crippen LogP contribution in [0.1, 0.15) is 37.0 Å². The molecule has 0 saturated heterocycles. The molecular formula is C24H33N3O4S. The van der Waals surface area contributed by atoms with Crippen molar-refractivity contribution in [2.24, 2.45) is 0 Å². The van der Waals surface area contributed by atoms with Crippen LogP contribution in [-0.2, 0) is 26.2 Å². The molecule has 8 heteroatoms. The average molecular weight is 460 g/mol. The minimum absolute atomic E-state index is 0.201. The number of anilines is 1. The molecule has 0 aromatic heterocycles. The molecule has 0 heterocycles. The van der Waals surface area contributed by atoms with Gasteiger partial charge < -0.3 is 10.2 Å². The summed E-state index contributed by atoms with van der Waals surface area (Å²) in [6.07, 6.45) is 1.85. The fraction of sp³-hybridized carbons (Fsp3) is 0.417. The molecule has 0 fully saturated rings. The first-order valence-electron chi connectivity index (χ1n) is 10.7. The van der Waals surface area contributed by atoms with Crippen LogP contribution in [0.4, 0.5) is 5.69 Å². The summed E-state index contributed by atoms with van der Waals surface area (Å²) in [4.78, 5) is 27.5. The standard InChI is InChI=1S/C24H33N3O4S/c1-6-14-25-24(29)20(4)26(16-21-9-7-8-19(3)15-21)23(28)17-27(32(5,30)31)22-12-10-18(2)11-13-22/h7-13,15,20H,6,14,16-17H2,1-5H3,(H,25,29). The van der Waals surface area contributed by atoms with E-state index in [-0.39, 0.29) is 19.0 Å². The Kier molecular flexibility index (Phi) is 8.83. The van der Waals surface area contributed by atoms with E-state index in [1.165, 1.54) is 4.90 Å². The minimum Gasteiger partial charge on any atom is -0.354 e. The van der Waals surface area contributed by atoms with Crippen LogP contribution in [0.25, 0.3) is 0 Å². The molecule has 2 rings (SSSR count). The van der Waals surface area contributed by atoms with Gasteiger partial charge in [-0.1, -0.05) is 54.4 Å². The Morgan fingerprint density at radius 3 is 2.25 bits per heavy atom. The molecule has 2 amide bonds. The van der Waals surface area contributed by atoms with Crippen molar-refractivity contribution in [2.75, 3.05) is 23.7 Å². The zero-order valence-corrected chi connectivity index (χ0v) is 20.3. The first-order valence-corrected chi connectivity index (χ1v) is 12.5. The van der Waals surface area contributed by atoms with Gasteiger partial charge in [0.15, 0.2) is 0 Å².